The Morgan fingerprint density at radius 2 is 1.97 bits per heavy atom. The van der Waals surface area contributed by atoms with E-state index in [0.717, 1.165) is 24.8 Å². The number of carbonyl (C=O) groups is 2. The molecule has 1 atom stereocenters. The van der Waals surface area contributed by atoms with Crippen molar-refractivity contribution in [3.8, 4) is 22.6 Å². The molecular weight excluding hydrogens is 394 g/mol. The number of hydrogen-bond donors (Lipinski definition) is 2. The van der Waals surface area contributed by atoms with E-state index in [9.17, 15) is 19.8 Å². The second-order valence-corrected chi connectivity index (χ2v) is 8.16. The zero-order valence-corrected chi connectivity index (χ0v) is 18.5. The van der Waals surface area contributed by atoms with E-state index in [1.54, 1.807) is 12.1 Å². The first-order valence-corrected chi connectivity index (χ1v) is 10.9. The van der Waals surface area contributed by atoms with Crippen LogP contribution in [0.1, 0.15) is 60.5 Å². The van der Waals surface area contributed by atoms with Gasteiger partial charge in [0.15, 0.2) is 0 Å². The predicted octanol–water partition coefficient (Wildman–Crippen LogP) is 4.58. The van der Waals surface area contributed by atoms with Crippen molar-refractivity contribution in [1.82, 2.24) is 4.90 Å². The van der Waals surface area contributed by atoms with Crippen LogP contribution in [0.3, 0.4) is 0 Å². The van der Waals surface area contributed by atoms with Gasteiger partial charge in [-0.25, -0.2) is 4.79 Å². The highest BCUT2D eigenvalue weighted by Gasteiger charge is 2.37. The van der Waals surface area contributed by atoms with Crippen LogP contribution in [-0.4, -0.2) is 46.7 Å². The molecule has 2 aromatic rings. The number of ether oxygens (including phenoxy) is 1. The number of aromatic hydroxyl groups is 2. The molecule has 3 rings (SSSR count). The van der Waals surface area contributed by atoms with Crippen molar-refractivity contribution < 1.29 is 24.5 Å². The van der Waals surface area contributed by atoms with Gasteiger partial charge >= 0.3 is 5.97 Å². The Labute approximate surface area is 183 Å². The largest absolute Gasteiger partial charge is 0.507 e. The number of benzene rings is 2. The number of amides is 1. The van der Waals surface area contributed by atoms with Gasteiger partial charge in [-0.05, 0) is 49.8 Å². The van der Waals surface area contributed by atoms with Crippen LogP contribution in [0.2, 0.25) is 0 Å². The van der Waals surface area contributed by atoms with Crippen molar-refractivity contribution in [2.75, 3.05) is 13.7 Å². The maximum Gasteiger partial charge on any atom is 0.328 e. The summed E-state index contributed by atoms with van der Waals surface area (Å²) in [5.74, 6) is -1.14. The van der Waals surface area contributed by atoms with Crippen LogP contribution in [0.25, 0.3) is 11.1 Å². The van der Waals surface area contributed by atoms with Gasteiger partial charge in [-0.1, -0.05) is 49.6 Å². The lowest BCUT2D eigenvalue weighted by Gasteiger charge is -2.25. The van der Waals surface area contributed by atoms with E-state index in [2.05, 4.69) is 6.92 Å². The van der Waals surface area contributed by atoms with Crippen LogP contribution in [-0.2, 0) is 16.0 Å². The molecule has 1 amide bonds. The molecule has 0 radical (unpaired) electrons. The number of rotatable bonds is 7. The van der Waals surface area contributed by atoms with E-state index in [0.29, 0.717) is 36.9 Å². The number of phenols is 2. The number of likely N-dealkylation sites (tertiary alicyclic amines) is 1. The van der Waals surface area contributed by atoms with Crippen LogP contribution >= 0.6 is 0 Å². The lowest BCUT2D eigenvalue weighted by molar-refractivity contribution is -0.145. The second-order valence-electron chi connectivity index (χ2n) is 8.16. The maximum absolute atomic E-state index is 13.6. The number of esters is 1. The normalized spacial score (nSPS) is 15.8. The summed E-state index contributed by atoms with van der Waals surface area (Å²) in [6.07, 6.45) is 4.61. The number of nitrogens with zero attached hydrogens (tertiary/aromatic N) is 1. The van der Waals surface area contributed by atoms with Gasteiger partial charge in [0.2, 0.25) is 0 Å². The van der Waals surface area contributed by atoms with Gasteiger partial charge in [0.05, 0.1) is 18.2 Å². The van der Waals surface area contributed by atoms with Crippen molar-refractivity contribution in [2.45, 2.75) is 58.4 Å². The standard InChI is InChI=1S/C25H31NO5/c1-4-5-6-10-18-15-20(27)21(17-11-7-9-16(2)14-17)23(28)22(18)24(29)26-13-8-12-19(26)25(30)31-3/h7,9,11,14-15,19,27-28H,4-6,8,10,12-13H2,1-3H3/t19-/m1/s1. The van der Waals surface area contributed by atoms with E-state index >= 15 is 0 Å². The lowest BCUT2D eigenvalue weighted by atomic mass is 9.92. The average Bonchev–Trinajstić information content (AvgIpc) is 3.23. The number of carbonyl (C=O) groups excluding carboxylic acids is 2. The fourth-order valence-electron chi connectivity index (χ4n) is 4.33. The summed E-state index contributed by atoms with van der Waals surface area (Å²) in [6, 6.07) is 8.34. The van der Waals surface area contributed by atoms with Gasteiger partial charge in [0, 0.05) is 6.54 Å². The Kier molecular flexibility index (Phi) is 7.21. The Bertz CT molecular complexity index is 969. The lowest BCUT2D eigenvalue weighted by Crippen LogP contribution is -2.41. The van der Waals surface area contributed by atoms with Crippen molar-refractivity contribution in [2.24, 2.45) is 0 Å². The third kappa shape index (κ3) is 4.68. The molecule has 0 bridgehead atoms. The number of unbranched alkanes of at least 4 members (excludes halogenated alkanes) is 2. The van der Waals surface area contributed by atoms with Gasteiger partial charge in [-0.3, -0.25) is 4.79 Å². The Morgan fingerprint density at radius 1 is 1.19 bits per heavy atom. The van der Waals surface area contributed by atoms with Gasteiger partial charge in [-0.15, -0.1) is 0 Å². The third-order valence-corrected chi connectivity index (χ3v) is 5.92. The van der Waals surface area contributed by atoms with Crippen molar-refractivity contribution in [3.63, 3.8) is 0 Å². The number of aryl methyl sites for hydroxylation is 2. The molecule has 0 spiro atoms. The summed E-state index contributed by atoms with van der Waals surface area (Å²) in [6.45, 7) is 4.44. The first-order chi connectivity index (χ1) is 14.9. The van der Waals surface area contributed by atoms with Gasteiger partial charge < -0.3 is 19.8 Å². The summed E-state index contributed by atoms with van der Waals surface area (Å²) in [7, 11) is 1.31. The van der Waals surface area contributed by atoms with Crippen LogP contribution in [0.4, 0.5) is 0 Å². The zero-order valence-electron chi connectivity index (χ0n) is 18.5. The number of phenolic OH excluding ortho intramolecular Hbond substituents is 2. The summed E-state index contributed by atoms with van der Waals surface area (Å²) in [4.78, 5) is 27.3. The minimum atomic E-state index is -0.656. The van der Waals surface area contributed by atoms with Crippen LogP contribution in [0.15, 0.2) is 30.3 Å². The quantitative estimate of drug-likeness (QED) is 0.501. The van der Waals surface area contributed by atoms with Crippen LogP contribution in [0, 0.1) is 6.92 Å². The van der Waals surface area contributed by atoms with Crippen molar-refractivity contribution in [1.29, 1.82) is 0 Å². The molecule has 0 aromatic heterocycles. The Hall–Kier alpha value is -3.02. The van der Waals surface area contributed by atoms with E-state index in [4.69, 9.17) is 4.74 Å². The fraction of sp³-hybridized carbons (Fsp3) is 0.440. The molecule has 2 aromatic carbocycles. The van der Waals surface area contributed by atoms with E-state index in [1.807, 2.05) is 25.1 Å². The van der Waals surface area contributed by atoms with Gasteiger partial charge in [0.25, 0.3) is 5.91 Å². The third-order valence-electron chi connectivity index (χ3n) is 5.92. The molecule has 1 aliphatic rings. The first-order valence-electron chi connectivity index (χ1n) is 10.9. The molecule has 6 heteroatoms. The summed E-state index contributed by atoms with van der Waals surface area (Å²) in [5, 5.41) is 22.0. The molecule has 166 valence electrons. The average molecular weight is 426 g/mol. The number of methoxy groups -OCH3 is 1. The monoisotopic (exact) mass is 425 g/mol. The van der Waals surface area contributed by atoms with Crippen molar-refractivity contribution in [3.05, 3.63) is 47.0 Å². The second kappa shape index (κ2) is 9.86. The Morgan fingerprint density at radius 3 is 2.65 bits per heavy atom. The minimum Gasteiger partial charge on any atom is -0.507 e. The zero-order chi connectivity index (χ0) is 22.5. The first kappa shape index (κ1) is 22.7. The smallest absolute Gasteiger partial charge is 0.328 e. The molecule has 31 heavy (non-hydrogen) atoms. The SMILES string of the molecule is CCCCCc1cc(O)c(-c2cccc(C)c2)c(O)c1C(=O)N1CCC[C@@H]1C(=O)OC. The van der Waals surface area contributed by atoms with Gasteiger partial charge in [0.1, 0.15) is 17.5 Å². The van der Waals surface area contributed by atoms with Crippen LogP contribution in [0.5, 0.6) is 11.5 Å². The topological polar surface area (TPSA) is 87.1 Å². The van der Waals surface area contributed by atoms with E-state index in [1.165, 1.54) is 12.0 Å². The highest BCUT2D eigenvalue weighted by molar-refractivity contribution is 6.03. The molecule has 1 fully saturated rings. The maximum atomic E-state index is 13.6. The molecule has 0 aliphatic carbocycles. The highest BCUT2D eigenvalue weighted by Crippen LogP contribution is 2.43. The van der Waals surface area contributed by atoms with Crippen LogP contribution < -0.4 is 0 Å². The number of hydrogen-bond acceptors (Lipinski definition) is 5. The molecule has 2 N–H and O–H groups in total. The molecule has 0 saturated carbocycles. The highest BCUT2D eigenvalue weighted by atomic mass is 16.5. The minimum absolute atomic E-state index is 0.0583. The molecule has 0 unspecified atom stereocenters. The van der Waals surface area contributed by atoms with Gasteiger partial charge in [-0.2, -0.15) is 0 Å². The van der Waals surface area contributed by atoms with E-state index in [-0.39, 0.29) is 22.6 Å². The Balaban J connectivity index is 2.12. The summed E-state index contributed by atoms with van der Waals surface area (Å²) in [5.41, 5.74) is 2.61. The van der Waals surface area contributed by atoms with Crippen molar-refractivity contribution >= 4 is 11.9 Å². The fourth-order valence-corrected chi connectivity index (χ4v) is 4.33. The molecule has 1 aliphatic heterocycles. The summed E-state index contributed by atoms with van der Waals surface area (Å²) >= 11 is 0. The summed E-state index contributed by atoms with van der Waals surface area (Å²) < 4.78 is 4.88. The molecule has 1 heterocycles. The predicted molar refractivity (Wildman–Crippen MR) is 119 cm³/mol. The molecule has 6 nitrogen and oxygen atoms in total. The molecular formula is C25H31NO5. The van der Waals surface area contributed by atoms with E-state index < -0.39 is 17.9 Å². The molecule has 1 saturated heterocycles.